The Morgan fingerprint density at radius 1 is 1.32 bits per heavy atom. The summed E-state index contributed by atoms with van der Waals surface area (Å²) in [4.78, 5) is 26.3. The number of carbonyl (C=O) groups is 1. The number of thiophene rings is 1. The van der Waals surface area contributed by atoms with Crippen LogP contribution in [0.1, 0.15) is 58.6 Å². The molecule has 1 fully saturated rings. The third-order valence-corrected chi connectivity index (χ3v) is 7.23. The lowest BCUT2D eigenvalue weighted by molar-refractivity contribution is 0.0695. The lowest BCUT2D eigenvalue weighted by Gasteiger charge is -2.18. The van der Waals surface area contributed by atoms with Crippen molar-refractivity contribution in [2.75, 3.05) is 7.11 Å². The van der Waals surface area contributed by atoms with Crippen LogP contribution in [0, 0.1) is 5.82 Å². The van der Waals surface area contributed by atoms with Crippen LogP contribution in [0.4, 0.5) is 4.39 Å². The normalized spacial score (nSPS) is 17.8. The van der Waals surface area contributed by atoms with Crippen molar-refractivity contribution in [3.05, 3.63) is 50.4 Å². The van der Waals surface area contributed by atoms with E-state index in [1.165, 1.54) is 24.6 Å². The Kier molecular flexibility index (Phi) is 5.57. The molecule has 0 radical (unpaired) electrons. The van der Waals surface area contributed by atoms with Crippen LogP contribution < -0.4 is 15.9 Å². The predicted octanol–water partition coefficient (Wildman–Crippen LogP) is 4.67. The van der Waals surface area contributed by atoms with Gasteiger partial charge in [-0.2, -0.15) is 0 Å². The zero-order chi connectivity index (χ0) is 21.2. The standard InChI is InChI=1S/C22H21FN2O4S.ClH/c1-29-21-18(17-8-11-15(24)3-2-4-16(11)30-17)14(23)7-12-19(21)25(10-5-6-10)9-13(20(12)26)22(27)28;/h7-10,15H,2-6,24H2,1H3,(H,27,28);1H. The van der Waals surface area contributed by atoms with E-state index in [0.717, 1.165) is 48.6 Å². The average Bonchev–Trinajstić information content (AvgIpc) is 3.46. The Hall–Kier alpha value is -2.42. The van der Waals surface area contributed by atoms with E-state index in [-0.39, 0.29) is 41.2 Å². The molecule has 0 bridgehead atoms. The van der Waals surface area contributed by atoms with E-state index in [9.17, 15) is 14.7 Å². The van der Waals surface area contributed by atoms with Gasteiger partial charge < -0.3 is 20.1 Å². The van der Waals surface area contributed by atoms with Crippen LogP contribution in [-0.4, -0.2) is 22.8 Å². The summed E-state index contributed by atoms with van der Waals surface area (Å²) in [5, 5.41) is 9.48. The molecule has 1 saturated carbocycles. The number of benzene rings is 1. The summed E-state index contributed by atoms with van der Waals surface area (Å²) < 4.78 is 22.8. The fraction of sp³-hybridized carbons (Fsp3) is 0.364. The number of aromatic nitrogens is 1. The predicted molar refractivity (Wildman–Crippen MR) is 120 cm³/mol. The highest BCUT2D eigenvalue weighted by Gasteiger charge is 2.31. The molecule has 2 aromatic heterocycles. The molecule has 3 aromatic rings. The van der Waals surface area contributed by atoms with Gasteiger partial charge in [-0.05, 0) is 49.8 Å². The number of carboxylic acids is 1. The molecule has 164 valence electrons. The molecule has 5 rings (SSSR count). The van der Waals surface area contributed by atoms with Crippen LogP contribution in [0.25, 0.3) is 21.3 Å². The molecular formula is C22H22ClFN2O4S. The van der Waals surface area contributed by atoms with Crippen LogP contribution >= 0.6 is 23.7 Å². The number of nitrogens with two attached hydrogens (primary N) is 1. The van der Waals surface area contributed by atoms with Gasteiger partial charge in [-0.25, -0.2) is 9.18 Å². The number of nitrogens with zero attached hydrogens (tertiary/aromatic N) is 1. The Morgan fingerprint density at radius 3 is 2.68 bits per heavy atom. The van der Waals surface area contributed by atoms with Gasteiger partial charge in [-0.1, -0.05) is 0 Å². The van der Waals surface area contributed by atoms with Gasteiger partial charge in [0, 0.05) is 28.0 Å². The maximum absolute atomic E-state index is 15.4. The number of rotatable bonds is 4. The van der Waals surface area contributed by atoms with Crippen molar-refractivity contribution >= 4 is 40.6 Å². The number of ether oxygens (including phenoxy) is 1. The summed E-state index contributed by atoms with van der Waals surface area (Å²) >= 11 is 1.51. The van der Waals surface area contributed by atoms with Crippen molar-refractivity contribution in [3.8, 4) is 16.2 Å². The Bertz CT molecular complexity index is 1260. The largest absolute Gasteiger partial charge is 0.494 e. The zero-order valence-corrected chi connectivity index (χ0v) is 18.4. The number of aromatic carboxylic acids is 1. The minimum atomic E-state index is -1.32. The molecule has 1 unspecified atom stereocenters. The first-order valence-electron chi connectivity index (χ1n) is 9.98. The van der Waals surface area contributed by atoms with Gasteiger partial charge in [0.1, 0.15) is 11.4 Å². The van der Waals surface area contributed by atoms with Gasteiger partial charge in [0.25, 0.3) is 0 Å². The van der Waals surface area contributed by atoms with E-state index in [4.69, 9.17) is 10.5 Å². The molecule has 0 saturated heterocycles. The molecule has 1 aromatic carbocycles. The highest BCUT2D eigenvalue weighted by atomic mass is 35.5. The molecule has 1 atom stereocenters. The van der Waals surface area contributed by atoms with E-state index in [1.54, 1.807) is 4.57 Å². The Balaban J connectivity index is 0.00000231. The Morgan fingerprint density at radius 2 is 2.06 bits per heavy atom. The molecule has 3 N–H and O–H groups in total. The average molecular weight is 465 g/mol. The maximum atomic E-state index is 15.4. The molecule has 6 nitrogen and oxygen atoms in total. The molecule has 2 heterocycles. The fourth-order valence-electron chi connectivity index (χ4n) is 4.39. The van der Waals surface area contributed by atoms with Gasteiger partial charge in [-0.3, -0.25) is 4.79 Å². The quantitative estimate of drug-likeness (QED) is 0.585. The molecule has 2 aliphatic rings. The van der Waals surface area contributed by atoms with Gasteiger partial charge in [0.05, 0.1) is 23.6 Å². The number of fused-ring (bicyclic) bond motifs is 2. The third-order valence-electron chi connectivity index (χ3n) is 6.00. The summed E-state index contributed by atoms with van der Waals surface area (Å²) in [5.74, 6) is -1.66. The smallest absolute Gasteiger partial charge is 0.341 e. The van der Waals surface area contributed by atoms with E-state index in [1.807, 2.05) is 6.07 Å². The summed E-state index contributed by atoms with van der Waals surface area (Å²) in [5.41, 5.74) is 6.98. The van der Waals surface area contributed by atoms with E-state index in [2.05, 4.69) is 0 Å². The van der Waals surface area contributed by atoms with Crippen molar-refractivity contribution in [1.29, 1.82) is 0 Å². The van der Waals surface area contributed by atoms with Gasteiger partial charge in [0.15, 0.2) is 5.75 Å². The van der Waals surface area contributed by atoms with Crippen LogP contribution in [-0.2, 0) is 6.42 Å². The summed E-state index contributed by atoms with van der Waals surface area (Å²) in [6.07, 6.45) is 5.93. The monoisotopic (exact) mass is 464 g/mol. The SMILES string of the molecule is COc1c(-c2cc3c(s2)CCCC3N)c(F)cc2c(=O)c(C(=O)O)cn(C3CC3)c12.Cl. The number of pyridine rings is 1. The maximum Gasteiger partial charge on any atom is 0.341 e. The lowest BCUT2D eigenvalue weighted by Crippen LogP contribution is -2.19. The highest BCUT2D eigenvalue weighted by molar-refractivity contribution is 7.15. The second-order valence-corrected chi connectivity index (χ2v) is 9.10. The van der Waals surface area contributed by atoms with Crippen molar-refractivity contribution in [2.24, 2.45) is 5.73 Å². The summed E-state index contributed by atoms with van der Waals surface area (Å²) in [7, 11) is 1.45. The number of aryl methyl sites for hydroxylation is 1. The first-order valence-corrected chi connectivity index (χ1v) is 10.8. The lowest BCUT2D eigenvalue weighted by atomic mass is 9.94. The topological polar surface area (TPSA) is 94.6 Å². The van der Waals surface area contributed by atoms with E-state index < -0.39 is 17.2 Å². The molecule has 0 spiro atoms. The van der Waals surface area contributed by atoms with Gasteiger partial charge in [0.2, 0.25) is 5.43 Å². The molecule has 2 aliphatic carbocycles. The zero-order valence-electron chi connectivity index (χ0n) is 16.8. The molecule has 9 heteroatoms. The molecule has 0 amide bonds. The van der Waals surface area contributed by atoms with Crippen molar-refractivity contribution in [1.82, 2.24) is 4.57 Å². The van der Waals surface area contributed by atoms with Crippen LogP contribution in [0.15, 0.2) is 23.1 Å². The number of hydrogen-bond donors (Lipinski definition) is 2. The minimum absolute atomic E-state index is 0. The highest BCUT2D eigenvalue weighted by Crippen LogP contribution is 2.47. The number of halogens is 2. The number of carboxylic acid groups (broad SMARTS) is 1. The van der Waals surface area contributed by atoms with Crippen LogP contribution in [0.5, 0.6) is 5.75 Å². The summed E-state index contributed by atoms with van der Waals surface area (Å²) in [6, 6.07) is 3.10. The van der Waals surface area contributed by atoms with Crippen molar-refractivity contribution < 1.29 is 19.0 Å². The second kappa shape index (κ2) is 7.93. The van der Waals surface area contributed by atoms with Gasteiger partial charge in [-0.15, -0.1) is 23.7 Å². The molecular weight excluding hydrogens is 443 g/mol. The van der Waals surface area contributed by atoms with E-state index >= 15 is 4.39 Å². The summed E-state index contributed by atoms with van der Waals surface area (Å²) in [6.45, 7) is 0. The van der Waals surface area contributed by atoms with Crippen LogP contribution in [0.3, 0.4) is 0 Å². The van der Waals surface area contributed by atoms with Crippen LogP contribution in [0.2, 0.25) is 0 Å². The second-order valence-electron chi connectivity index (χ2n) is 7.97. The fourth-order valence-corrected chi connectivity index (χ4v) is 5.71. The Labute approximate surface area is 187 Å². The minimum Gasteiger partial charge on any atom is -0.494 e. The number of hydrogen-bond acceptors (Lipinski definition) is 5. The molecule has 31 heavy (non-hydrogen) atoms. The van der Waals surface area contributed by atoms with Crippen molar-refractivity contribution in [2.45, 2.75) is 44.2 Å². The molecule has 0 aliphatic heterocycles. The van der Waals surface area contributed by atoms with E-state index in [0.29, 0.717) is 16.0 Å². The van der Waals surface area contributed by atoms with Crippen molar-refractivity contribution in [3.63, 3.8) is 0 Å². The first kappa shape index (κ1) is 21.8. The third kappa shape index (κ3) is 3.43. The van der Waals surface area contributed by atoms with Gasteiger partial charge >= 0.3 is 5.97 Å². The first-order chi connectivity index (χ1) is 14.4. The number of methoxy groups -OCH3 is 1.